The minimum atomic E-state index is -0.0419. The largest absolute Gasteiger partial charge is 0.461 e. The van der Waals surface area contributed by atoms with Gasteiger partial charge in [0.2, 0.25) is 0 Å². The van der Waals surface area contributed by atoms with Crippen molar-refractivity contribution in [2.24, 2.45) is 0 Å². The Kier molecular flexibility index (Phi) is 3.46. The molecular weight excluding hydrogens is 282 g/mol. The number of hydrogen-bond acceptors (Lipinski definition) is 4. The number of fused-ring (bicyclic) bond motifs is 3. The molecule has 2 bridgehead atoms. The van der Waals surface area contributed by atoms with Crippen molar-refractivity contribution in [1.82, 2.24) is 4.90 Å². The van der Waals surface area contributed by atoms with Gasteiger partial charge in [-0.25, -0.2) is 0 Å². The number of carbonyl (C=O) groups excluding carboxylic acids is 1. The second-order valence-electron chi connectivity index (χ2n) is 6.50. The fourth-order valence-electron chi connectivity index (χ4n) is 4.01. The molecule has 21 heavy (non-hydrogen) atoms. The van der Waals surface area contributed by atoms with E-state index in [2.05, 4.69) is 24.1 Å². The second kappa shape index (κ2) is 5.33. The van der Waals surface area contributed by atoms with Crippen LogP contribution in [0, 0.1) is 0 Å². The number of esters is 1. The van der Waals surface area contributed by atoms with Gasteiger partial charge in [0, 0.05) is 17.0 Å². The van der Waals surface area contributed by atoms with Gasteiger partial charge in [-0.2, -0.15) is 0 Å². The fraction of sp³-hybridized carbons (Fsp3) is 0.588. The molecule has 0 radical (unpaired) electrons. The Balaban J connectivity index is 1.37. The van der Waals surface area contributed by atoms with E-state index in [-0.39, 0.29) is 17.3 Å². The Bertz CT molecular complexity index is 522. The van der Waals surface area contributed by atoms with E-state index >= 15 is 0 Å². The molecule has 3 aliphatic heterocycles. The molecule has 3 unspecified atom stereocenters. The average Bonchev–Trinajstić information content (AvgIpc) is 2.98. The minimum absolute atomic E-state index is 0.00912. The molecule has 0 spiro atoms. The van der Waals surface area contributed by atoms with Gasteiger partial charge >= 0.3 is 5.97 Å². The maximum absolute atomic E-state index is 12.4. The molecule has 0 aliphatic carbocycles. The van der Waals surface area contributed by atoms with Crippen molar-refractivity contribution in [2.75, 3.05) is 7.05 Å². The van der Waals surface area contributed by atoms with Gasteiger partial charge in [0.25, 0.3) is 0 Å². The quantitative estimate of drug-likeness (QED) is 0.786. The van der Waals surface area contributed by atoms with E-state index in [1.807, 2.05) is 12.1 Å². The average molecular weight is 303 g/mol. The first kappa shape index (κ1) is 13.6. The maximum atomic E-state index is 12.4. The fourth-order valence-corrected chi connectivity index (χ4v) is 5.19. The number of hydrogen-bond donors (Lipinski definition) is 0. The third-order valence-electron chi connectivity index (χ3n) is 5.25. The minimum Gasteiger partial charge on any atom is -0.461 e. The number of carbonyl (C=O) groups is 1. The third kappa shape index (κ3) is 2.49. The normalized spacial score (nSPS) is 34.7. The summed E-state index contributed by atoms with van der Waals surface area (Å²) in [5.41, 5.74) is 1.29. The van der Waals surface area contributed by atoms with Gasteiger partial charge in [-0.1, -0.05) is 18.2 Å². The van der Waals surface area contributed by atoms with Crippen molar-refractivity contribution >= 4 is 17.7 Å². The van der Waals surface area contributed by atoms with E-state index < -0.39 is 0 Å². The predicted molar refractivity (Wildman–Crippen MR) is 83.5 cm³/mol. The molecule has 2 fully saturated rings. The Labute approximate surface area is 130 Å². The Morgan fingerprint density at radius 2 is 1.95 bits per heavy atom. The van der Waals surface area contributed by atoms with E-state index in [1.165, 1.54) is 23.3 Å². The maximum Gasteiger partial charge on any atom is 0.320 e. The number of thioether (sulfide) groups is 1. The van der Waals surface area contributed by atoms with Crippen LogP contribution in [0.25, 0.3) is 0 Å². The summed E-state index contributed by atoms with van der Waals surface area (Å²) >= 11 is 1.67. The molecule has 0 aromatic heterocycles. The standard InChI is InChI=1S/C17H21NO2S/c1-18-12-6-7-13(18)10-14(9-12)20-17(19)16-8-11-4-2-3-5-15(11)21-16/h2-5,12-14,16H,6-10H2,1H3. The van der Waals surface area contributed by atoms with Crippen molar-refractivity contribution < 1.29 is 9.53 Å². The number of piperidine rings is 1. The molecule has 0 saturated carbocycles. The summed E-state index contributed by atoms with van der Waals surface area (Å²) in [6.07, 6.45) is 5.51. The smallest absolute Gasteiger partial charge is 0.320 e. The molecular formula is C17H21NO2S. The molecule has 1 aromatic carbocycles. The summed E-state index contributed by atoms with van der Waals surface area (Å²) in [5, 5.41) is -0.0419. The zero-order valence-corrected chi connectivity index (χ0v) is 13.1. The lowest BCUT2D eigenvalue weighted by atomic mass is 10.0. The van der Waals surface area contributed by atoms with Gasteiger partial charge in [0.05, 0.1) is 0 Å². The number of benzene rings is 1. The highest BCUT2D eigenvalue weighted by Gasteiger charge is 2.41. The Morgan fingerprint density at radius 1 is 1.24 bits per heavy atom. The zero-order chi connectivity index (χ0) is 14.4. The lowest BCUT2D eigenvalue weighted by Crippen LogP contribution is -2.44. The first-order valence-corrected chi connectivity index (χ1v) is 8.75. The van der Waals surface area contributed by atoms with Crippen molar-refractivity contribution in [3.8, 4) is 0 Å². The molecule has 2 saturated heterocycles. The topological polar surface area (TPSA) is 29.5 Å². The van der Waals surface area contributed by atoms with E-state index in [4.69, 9.17) is 4.74 Å². The molecule has 3 atom stereocenters. The van der Waals surface area contributed by atoms with Crippen LogP contribution in [-0.4, -0.2) is 41.4 Å². The molecule has 4 rings (SSSR count). The van der Waals surface area contributed by atoms with Crippen LogP contribution in [0.5, 0.6) is 0 Å². The molecule has 3 heterocycles. The van der Waals surface area contributed by atoms with Crippen LogP contribution >= 0.6 is 11.8 Å². The number of nitrogens with zero attached hydrogens (tertiary/aromatic N) is 1. The van der Waals surface area contributed by atoms with Gasteiger partial charge in [0.1, 0.15) is 11.4 Å². The van der Waals surface area contributed by atoms with Crippen LogP contribution in [0.4, 0.5) is 0 Å². The SMILES string of the molecule is CN1C2CCC1CC(OC(=O)C1Cc3ccccc3S1)C2. The summed E-state index contributed by atoms with van der Waals surface area (Å²) in [4.78, 5) is 16.2. The highest BCUT2D eigenvalue weighted by atomic mass is 32.2. The van der Waals surface area contributed by atoms with Crippen LogP contribution in [0.1, 0.15) is 31.2 Å². The van der Waals surface area contributed by atoms with Crippen molar-refractivity contribution in [3.63, 3.8) is 0 Å². The van der Waals surface area contributed by atoms with E-state index in [1.54, 1.807) is 11.8 Å². The lowest BCUT2D eigenvalue weighted by molar-refractivity contribution is -0.151. The van der Waals surface area contributed by atoms with Crippen LogP contribution in [0.3, 0.4) is 0 Å². The highest BCUT2D eigenvalue weighted by molar-refractivity contribution is 8.01. The molecule has 0 amide bonds. The Morgan fingerprint density at radius 3 is 2.67 bits per heavy atom. The van der Waals surface area contributed by atoms with E-state index in [0.29, 0.717) is 12.1 Å². The summed E-state index contributed by atoms with van der Waals surface area (Å²) < 4.78 is 5.85. The third-order valence-corrected chi connectivity index (χ3v) is 6.54. The summed E-state index contributed by atoms with van der Waals surface area (Å²) in [7, 11) is 2.21. The second-order valence-corrected chi connectivity index (χ2v) is 7.74. The van der Waals surface area contributed by atoms with Crippen molar-refractivity contribution in [1.29, 1.82) is 0 Å². The molecule has 4 heteroatoms. The molecule has 3 nitrogen and oxygen atoms in total. The van der Waals surface area contributed by atoms with Crippen LogP contribution in [0.15, 0.2) is 29.2 Å². The summed E-state index contributed by atoms with van der Waals surface area (Å²) in [5.74, 6) is -0.00912. The highest BCUT2D eigenvalue weighted by Crippen LogP contribution is 2.39. The number of rotatable bonds is 2. The van der Waals surface area contributed by atoms with Crippen molar-refractivity contribution in [2.45, 2.75) is 60.4 Å². The molecule has 112 valence electrons. The van der Waals surface area contributed by atoms with Gasteiger partial charge in [0.15, 0.2) is 0 Å². The van der Waals surface area contributed by atoms with Crippen molar-refractivity contribution in [3.05, 3.63) is 29.8 Å². The first-order chi connectivity index (χ1) is 10.2. The van der Waals surface area contributed by atoms with E-state index in [9.17, 15) is 4.79 Å². The first-order valence-electron chi connectivity index (χ1n) is 7.87. The molecule has 1 aromatic rings. The van der Waals surface area contributed by atoms with Gasteiger partial charge in [-0.15, -0.1) is 11.8 Å². The van der Waals surface area contributed by atoms with E-state index in [0.717, 1.165) is 19.3 Å². The summed E-state index contributed by atoms with van der Waals surface area (Å²) in [6, 6.07) is 9.54. The van der Waals surface area contributed by atoms with Gasteiger partial charge in [-0.3, -0.25) is 4.79 Å². The molecule has 0 N–H and O–H groups in total. The van der Waals surface area contributed by atoms with Gasteiger partial charge in [-0.05, 0) is 50.8 Å². The lowest BCUT2D eigenvalue weighted by Gasteiger charge is -2.36. The van der Waals surface area contributed by atoms with Crippen LogP contribution in [0.2, 0.25) is 0 Å². The molecule has 3 aliphatic rings. The van der Waals surface area contributed by atoms with Crippen LogP contribution in [-0.2, 0) is 16.0 Å². The van der Waals surface area contributed by atoms with Crippen LogP contribution < -0.4 is 0 Å². The predicted octanol–water partition coefficient (Wildman–Crippen LogP) is 2.87. The number of ether oxygens (including phenoxy) is 1. The monoisotopic (exact) mass is 303 g/mol. The van der Waals surface area contributed by atoms with Gasteiger partial charge < -0.3 is 9.64 Å². The summed E-state index contributed by atoms with van der Waals surface area (Å²) in [6.45, 7) is 0. The zero-order valence-electron chi connectivity index (χ0n) is 12.3. The Hall–Kier alpha value is -1.00.